The number of nitrogens with zero attached hydrogens (tertiary/aromatic N) is 2. The highest BCUT2D eigenvalue weighted by atomic mass is 19.4. The molecule has 64 valence electrons. The van der Waals surface area contributed by atoms with Crippen molar-refractivity contribution in [2.24, 2.45) is 0 Å². The van der Waals surface area contributed by atoms with Crippen molar-refractivity contribution in [2.45, 2.75) is 19.1 Å². The zero-order valence-electron chi connectivity index (χ0n) is 6.31. The van der Waals surface area contributed by atoms with Crippen molar-refractivity contribution >= 4 is 0 Å². The van der Waals surface area contributed by atoms with E-state index in [1.807, 2.05) is 0 Å². The Kier molecular flexibility index (Phi) is 3.33. The van der Waals surface area contributed by atoms with Crippen LogP contribution in [0.25, 0.3) is 0 Å². The van der Waals surface area contributed by atoms with Crippen LogP contribution < -0.4 is 0 Å². The number of halogens is 3. The lowest BCUT2D eigenvalue weighted by Crippen LogP contribution is -2.36. The zero-order valence-corrected chi connectivity index (χ0v) is 6.31. The van der Waals surface area contributed by atoms with Crippen molar-refractivity contribution in [1.82, 2.24) is 4.90 Å². The van der Waals surface area contributed by atoms with Gasteiger partial charge in [0.2, 0.25) is 0 Å². The first-order chi connectivity index (χ1) is 4.87. The van der Waals surface area contributed by atoms with Crippen LogP contribution in [0.4, 0.5) is 13.2 Å². The molecule has 0 fully saturated rings. The molecule has 0 spiro atoms. The van der Waals surface area contributed by atoms with Crippen LogP contribution in [0, 0.1) is 11.3 Å². The largest absolute Gasteiger partial charge is 0.401 e. The molecule has 0 aliphatic rings. The van der Waals surface area contributed by atoms with E-state index in [-0.39, 0.29) is 0 Å². The number of alkyl halides is 3. The monoisotopic (exact) mass is 166 g/mol. The van der Waals surface area contributed by atoms with Crippen molar-refractivity contribution in [1.29, 1.82) is 5.26 Å². The van der Waals surface area contributed by atoms with E-state index in [4.69, 9.17) is 5.26 Å². The van der Waals surface area contributed by atoms with Crippen LogP contribution in [0.1, 0.15) is 6.92 Å². The molecule has 0 aliphatic heterocycles. The molecule has 0 radical (unpaired) electrons. The molecule has 5 heteroatoms. The minimum absolute atomic E-state index is 0.698. The molecule has 0 rings (SSSR count). The third-order valence-electron chi connectivity index (χ3n) is 1.28. The van der Waals surface area contributed by atoms with E-state index in [2.05, 4.69) is 0 Å². The Morgan fingerprint density at radius 3 is 2.27 bits per heavy atom. The van der Waals surface area contributed by atoms with E-state index in [0.29, 0.717) is 0 Å². The molecule has 0 N–H and O–H groups in total. The van der Waals surface area contributed by atoms with Gasteiger partial charge in [0, 0.05) is 0 Å². The quantitative estimate of drug-likeness (QED) is 0.619. The lowest BCUT2D eigenvalue weighted by molar-refractivity contribution is -0.144. The molecular formula is C6H9F3N2. The molecule has 0 aromatic carbocycles. The summed E-state index contributed by atoms with van der Waals surface area (Å²) in [4.78, 5) is 0.944. The van der Waals surface area contributed by atoms with Gasteiger partial charge in [0.1, 0.15) is 0 Å². The van der Waals surface area contributed by atoms with Gasteiger partial charge in [0.25, 0.3) is 0 Å². The summed E-state index contributed by atoms with van der Waals surface area (Å²) in [5.41, 5.74) is 0. The van der Waals surface area contributed by atoms with E-state index in [9.17, 15) is 13.2 Å². The maximum Gasteiger partial charge on any atom is 0.401 e. The predicted octanol–water partition coefficient (Wildman–Crippen LogP) is 1.39. The second kappa shape index (κ2) is 3.58. The van der Waals surface area contributed by atoms with Crippen LogP contribution in [0.2, 0.25) is 0 Å². The molecule has 1 unspecified atom stereocenters. The van der Waals surface area contributed by atoms with Gasteiger partial charge in [0.05, 0.1) is 18.7 Å². The first kappa shape index (κ1) is 10.2. The average molecular weight is 166 g/mol. The molecule has 11 heavy (non-hydrogen) atoms. The Morgan fingerprint density at radius 1 is 1.55 bits per heavy atom. The van der Waals surface area contributed by atoms with Gasteiger partial charge in [-0.25, -0.2) is 0 Å². The van der Waals surface area contributed by atoms with E-state index in [1.54, 1.807) is 6.07 Å². The van der Waals surface area contributed by atoms with Gasteiger partial charge >= 0.3 is 6.18 Å². The molecule has 0 aromatic heterocycles. The van der Waals surface area contributed by atoms with Gasteiger partial charge in [-0.1, -0.05) is 0 Å². The summed E-state index contributed by atoms with van der Waals surface area (Å²) in [6.45, 7) is 0.382. The second-order valence-corrected chi connectivity index (χ2v) is 2.34. The van der Waals surface area contributed by atoms with Crippen molar-refractivity contribution < 1.29 is 13.2 Å². The fourth-order valence-corrected chi connectivity index (χ4v) is 0.518. The number of nitriles is 1. The maximum absolute atomic E-state index is 11.7. The molecule has 0 saturated carbocycles. The predicted molar refractivity (Wildman–Crippen MR) is 33.8 cm³/mol. The molecule has 0 aromatic rings. The molecule has 0 heterocycles. The smallest absolute Gasteiger partial charge is 0.283 e. The molecule has 0 bridgehead atoms. The minimum Gasteiger partial charge on any atom is -0.283 e. The first-order valence-electron chi connectivity index (χ1n) is 3.03. The van der Waals surface area contributed by atoms with Crippen molar-refractivity contribution in [3.05, 3.63) is 0 Å². The van der Waals surface area contributed by atoms with Gasteiger partial charge in [-0.05, 0) is 14.0 Å². The highest BCUT2D eigenvalue weighted by molar-refractivity contribution is 4.86. The number of hydrogen-bond acceptors (Lipinski definition) is 2. The standard InChI is InChI=1S/C6H9F3N2/c1-5(3-10)11(2)4-6(7,8)9/h5H,4H2,1-2H3. The van der Waals surface area contributed by atoms with Gasteiger partial charge in [-0.2, -0.15) is 18.4 Å². The van der Waals surface area contributed by atoms with E-state index < -0.39 is 18.8 Å². The minimum atomic E-state index is -4.22. The fourth-order valence-electron chi connectivity index (χ4n) is 0.518. The maximum atomic E-state index is 11.7. The van der Waals surface area contributed by atoms with E-state index in [0.717, 1.165) is 4.90 Å². The van der Waals surface area contributed by atoms with Crippen LogP contribution in [-0.2, 0) is 0 Å². The summed E-state index contributed by atoms with van der Waals surface area (Å²) >= 11 is 0. The van der Waals surface area contributed by atoms with Crippen LogP contribution in [0.3, 0.4) is 0 Å². The SMILES string of the molecule is CC(C#N)N(C)CC(F)(F)F. The molecule has 1 atom stereocenters. The zero-order chi connectivity index (χ0) is 9.07. The van der Waals surface area contributed by atoms with E-state index >= 15 is 0 Å². The molecule has 2 nitrogen and oxygen atoms in total. The van der Waals surface area contributed by atoms with Crippen molar-refractivity contribution in [2.75, 3.05) is 13.6 Å². The van der Waals surface area contributed by atoms with E-state index in [1.165, 1.54) is 14.0 Å². The third-order valence-corrected chi connectivity index (χ3v) is 1.28. The average Bonchev–Trinajstić information content (AvgIpc) is 1.82. The summed E-state index contributed by atoms with van der Waals surface area (Å²) in [7, 11) is 1.27. The molecular weight excluding hydrogens is 157 g/mol. The summed E-state index contributed by atoms with van der Waals surface area (Å²) in [5, 5.41) is 8.24. The second-order valence-electron chi connectivity index (χ2n) is 2.34. The number of rotatable bonds is 2. The molecule has 0 amide bonds. The number of hydrogen-bond donors (Lipinski definition) is 0. The summed E-state index contributed by atoms with van der Waals surface area (Å²) in [6.07, 6.45) is -4.22. The van der Waals surface area contributed by atoms with Gasteiger partial charge in [0.15, 0.2) is 0 Å². The summed E-state index contributed by atoms with van der Waals surface area (Å²) in [5.74, 6) is 0. The Balaban J connectivity index is 3.90. The van der Waals surface area contributed by atoms with Crippen LogP contribution in [0.15, 0.2) is 0 Å². The highest BCUT2D eigenvalue weighted by Crippen LogP contribution is 2.16. The lowest BCUT2D eigenvalue weighted by Gasteiger charge is -2.19. The topological polar surface area (TPSA) is 27.0 Å². The van der Waals surface area contributed by atoms with Crippen molar-refractivity contribution in [3.63, 3.8) is 0 Å². The van der Waals surface area contributed by atoms with Crippen molar-refractivity contribution in [3.8, 4) is 6.07 Å². The van der Waals surface area contributed by atoms with Crippen LogP contribution in [-0.4, -0.2) is 30.7 Å². The van der Waals surface area contributed by atoms with Gasteiger partial charge < -0.3 is 0 Å². The molecule has 0 saturated heterocycles. The van der Waals surface area contributed by atoms with Gasteiger partial charge in [-0.15, -0.1) is 0 Å². The van der Waals surface area contributed by atoms with Crippen LogP contribution >= 0.6 is 0 Å². The summed E-state index contributed by atoms with van der Waals surface area (Å²) in [6, 6.07) is 1.02. The highest BCUT2D eigenvalue weighted by Gasteiger charge is 2.30. The third kappa shape index (κ3) is 4.62. The summed E-state index contributed by atoms with van der Waals surface area (Å²) < 4.78 is 35.0. The Bertz CT molecular complexity index is 158. The lowest BCUT2D eigenvalue weighted by atomic mass is 10.3. The first-order valence-corrected chi connectivity index (χ1v) is 3.03. The van der Waals surface area contributed by atoms with Crippen LogP contribution in [0.5, 0.6) is 0 Å². The molecule has 0 aliphatic carbocycles. The fraction of sp³-hybridized carbons (Fsp3) is 0.833. The van der Waals surface area contributed by atoms with Gasteiger partial charge in [-0.3, -0.25) is 4.90 Å². The Morgan fingerprint density at radius 2 is 2.00 bits per heavy atom. The Labute approximate surface area is 63.2 Å². The Hall–Kier alpha value is -0.760. The normalized spacial score (nSPS) is 14.6.